The summed E-state index contributed by atoms with van der Waals surface area (Å²) in [6.07, 6.45) is 52.4. The molecule has 0 aromatic rings. The van der Waals surface area contributed by atoms with Crippen LogP contribution in [0, 0.1) is 5.92 Å². The smallest absolute Gasteiger partial charge is 0.306 e. The summed E-state index contributed by atoms with van der Waals surface area (Å²) in [5, 5.41) is 0. The first-order valence-corrected chi connectivity index (χ1v) is 27.4. The summed E-state index contributed by atoms with van der Waals surface area (Å²) in [7, 11) is 0. The lowest BCUT2D eigenvalue weighted by Crippen LogP contribution is -2.30. The van der Waals surface area contributed by atoms with Crippen molar-refractivity contribution in [3.05, 3.63) is 0 Å². The van der Waals surface area contributed by atoms with Crippen molar-refractivity contribution in [3.63, 3.8) is 0 Å². The first-order valence-electron chi connectivity index (χ1n) is 27.4. The minimum Gasteiger partial charge on any atom is -0.462 e. The van der Waals surface area contributed by atoms with Crippen LogP contribution in [0.5, 0.6) is 0 Å². The summed E-state index contributed by atoms with van der Waals surface area (Å²) in [6, 6.07) is 0. The lowest BCUT2D eigenvalue weighted by atomic mass is 10.0. The molecule has 0 aliphatic heterocycles. The third-order valence-electron chi connectivity index (χ3n) is 12.5. The number of unbranched alkanes of at least 4 members (excludes halogenated alkanes) is 37. The lowest BCUT2D eigenvalue weighted by molar-refractivity contribution is -0.167. The Balaban J connectivity index is 4.26. The summed E-state index contributed by atoms with van der Waals surface area (Å²) in [5.74, 6) is -0.0618. The maximum absolute atomic E-state index is 12.8. The molecule has 0 N–H and O–H groups in total. The summed E-state index contributed by atoms with van der Waals surface area (Å²) < 4.78 is 16.8. The van der Waals surface area contributed by atoms with E-state index in [2.05, 4.69) is 27.7 Å². The quantitative estimate of drug-likeness (QED) is 0.0344. The van der Waals surface area contributed by atoms with Gasteiger partial charge in [0, 0.05) is 19.3 Å². The molecule has 362 valence electrons. The average molecular weight is 863 g/mol. The van der Waals surface area contributed by atoms with Crippen LogP contribution in [0.15, 0.2) is 0 Å². The van der Waals surface area contributed by atoms with E-state index < -0.39 is 6.10 Å². The van der Waals surface area contributed by atoms with Crippen molar-refractivity contribution in [2.75, 3.05) is 13.2 Å². The molecule has 0 rings (SSSR count). The minimum atomic E-state index is -0.761. The van der Waals surface area contributed by atoms with Gasteiger partial charge < -0.3 is 14.2 Å². The van der Waals surface area contributed by atoms with Gasteiger partial charge in [0.05, 0.1) is 0 Å². The Morgan fingerprint density at radius 1 is 0.311 bits per heavy atom. The van der Waals surface area contributed by atoms with Gasteiger partial charge in [-0.05, 0) is 25.2 Å². The molecule has 61 heavy (non-hydrogen) atoms. The predicted molar refractivity (Wildman–Crippen MR) is 261 cm³/mol. The molecule has 1 atom stereocenters. The molecule has 0 spiro atoms. The van der Waals surface area contributed by atoms with Crippen LogP contribution in [-0.2, 0) is 28.6 Å². The second kappa shape index (κ2) is 49.4. The number of carbonyl (C=O) groups is 3. The second-order valence-electron chi connectivity index (χ2n) is 19.3. The maximum atomic E-state index is 12.8. The Kier molecular flexibility index (Phi) is 48.1. The topological polar surface area (TPSA) is 78.9 Å². The molecule has 0 radical (unpaired) electrons. The summed E-state index contributed by atoms with van der Waals surface area (Å²) >= 11 is 0. The Morgan fingerprint density at radius 2 is 0.541 bits per heavy atom. The van der Waals surface area contributed by atoms with E-state index in [0.717, 1.165) is 63.7 Å². The Labute approximate surface area is 380 Å². The fourth-order valence-electron chi connectivity index (χ4n) is 8.39. The Morgan fingerprint density at radius 3 is 0.803 bits per heavy atom. The van der Waals surface area contributed by atoms with Gasteiger partial charge in [-0.1, -0.05) is 272 Å². The summed E-state index contributed by atoms with van der Waals surface area (Å²) in [4.78, 5) is 38.0. The third kappa shape index (κ3) is 49.3. The van der Waals surface area contributed by atoms with E-state index >= 15 is 0 Å². The Bertz CT molecular complexity index is 918. The highest BCUT2D eigenvalue weighted by atomic mass is 16.6. The van der Waals surface area contributed by atoms with E-state index in [9.17, 15) is 14.4 Å². The summed E-state index contributed by atoms with van der Waals surface area (Å²) in [6.45, 7) is 8.99. The lowest BCUT2D eigenvalue weighted by Gasteiger charge is -2.18. The van der Waals surface area contributed by atoms with Gasteiger partial charge in [0.1, 0.15) is 13.2 Å². The molecule has 6 nitrogen and oxygen atoms in total. The first kappa shape index (κ1) is 59.4. The molecule has 0 aliphatic carbocycles. The normalized spacial score (nSPS) is 12.0. The summed E-state index contributed by atoms with van der Waals surface area (Å²) in [5.41, 5.74) is 0. The van der Waals surface area contributed by atoms with Gasteiger partial charge in [0.15, 0.2) is 6.10 Å². The third-order valence-corrected chi connectivity index (χ3v) is 12.5. The zero-order valence-electron chi connectivity index (χ0n) is 41.6. The van der Waals surface area contributed by atoms with E-state index in [0.29, 0.717) is 19.3 Å². The van der Waals surface area contributed by atoms with Crippen LogP contribution in [0.4, 0.5) is 0 Å². The van der Waals surface area contributed by atoms with E-state index in [-0.39, 0.29) is 31.1 Å². The first-order chi connectivity index (χ1) is 29.9. The van der Waals surface area contributed by atoms with Crippen molar-refractivity contribution in [1.82, 2.24) is 0 Å². The monoisotopic (exact) mass is 863 g/mol. The number of esters is 3. The molecule has 0 heterocycles. The molecule has 0 saturated heterocycles. The highest BCUT2D eigenvalue weighted by Gasteiger charge is 2.19. The van der Waals surface area contributed by atoms with Crippen LogP contribution >= 0.6 is 0 Å². The number of rotatable bonds is 50. The standard InChI is InChI=1S/C55H106O6/c1-5-7-9-11-13-15-17-19-21-23-25-26-28-30-34-38-42-46-53(56)59-49-52(50-60-54(57)47-43-39-36-32-33-37-41-45-51(3)4)61-55(58)48-44-40-35-31-29-27-24-22-20-18-16-14-12-10-8-6-2/h51-52H,5-50H2,1-4H3/t52-/m0/s1. The second-order valence-corrected chi connectivity index (χ2v) is 19.3. The number of carbonyl (C=O) groups excluding carboxylic acids is 3. The SMILES string of the molecule is CCCCCCCCCCCCCCCCCCCC(=O)OC[C@@H](COC(=O)CCCCCCCCCC(C)C)OC(=O)CCCCCCCCCCCCCCCCCC. The van der Waals surface area contributed by atoms with E-state index in [1.165, 1.54) is 205 Å². The van der Waals surface area contributed by atoms with Gasteiger partial charge >= 0.3 is 17.9 Å². The van der Waals surface area contributed by atoms with Gasteiger partial charge in [-0.15, -0.1) is 0 Å². The molecule has 0 aromatic heterocycles. The molecule has 0 aliphatic rings. The van der Waals surface area contributed by atoms with Crippen molar-refractivity contribution < 1.29 is 28.6 Å². The molecule has 0 bridgehead atoms. The molecule has 6 heteroatoms. The highest BCUT2D eigenvalue weighted by Crippen LogP contribution is 2.17. The number of ether oxygens (including phenoxy) is 3. The molecular weight excluding hydrogens is 757 g/mol. The fraction of sp³-hybridized carbons (Fsp3) is 0.945. The minimum absolute atomic E-state index is 0.0629. The average Bonchev–Trinajstić information content (AvgIpc) is 3.24. The fourth-order valence-corrected chi connectivity index (χ4v) is 8.39. The van der Waals surface area contributed by atoms with Crippen LogP contribution in [-0.4, -0.2) is 37.2 Å². The van der Waals surface area contributed by atoms with Crippen LogP contribution < -0.4 is 0 Å². The maximum Gasteiger partial charge on any atom is 0.306 e. The van der Waals surface area contributed by atoms with E-state index in [1.54, 1.807) is 0 Å². The number of hydrogen-bond acceptors (Lipinski definition) is 6. The van der Waals surface area contributed by atoms with Crippen LogP contribution in [0.25, 0.3) is 0 Å². The van der Waals surface area contributed by atoms with E-state index in [1.807, 2.05) is 0 Å². The van der Waals surface area contributed by atoms with Gasteiger partial charge in [0.2, 0.25) is 0 Å². The molecule has 0 fully saturated rings. The van der Waals surface area contributed by atoms with Crippen molar-refractivity contribution in [2.24, 2.45) is 5.92 Å². The molecule has 0 saturated carbocycles. The van der Waals surface area contributed by atoms with Crippen molar-refractivity contribution in [2.45, 2.75) is 316 Å². The van der Waals surface area contributed by atoms with Gasteiger partial charge in [0.25, 0.3) is 0 Å². The van der Waals surface area contributed by atoms with Crippen LogP contribution in [0.1, 0.15) is 310 Å². The van der Waals surface area contributed by atoms with E-state index in [4.69, 9.17) is 14.2 Å². The van der Waals surface area contributed by atoms with Gasteiger partial charge in [-0.25, -0.2) is 0 Å². The zero-order chi connectivity index (χ0) is 44.5. The number of hydrogen-bond donors (Lipinski definition) is 0. The highest BCUT2D eigenvalue weighted by molar-refractivity contribution is 5.71. The van der Waals surface area contributed by atoms with Crippen LogP contribution in [0.3, 0.4) is 0 Å². The van der Waals surface area contributed by atoms with Crippen LogP contribution in [0.2, 0.25) is 0 Å². The van der Waals surface area contributed by atoms with Gasteiger partial charge in [-0.3, -0.25) is 14.4 Å². The molecular formula is C55H106O6. The Hall–Kier alpha value is -1.59. The van der Waals surface area contributed by atoms with Crippen molar-refractivity contribution in [1.29, 1.82) is 0 Å². The largest absolute Gasteiger partial charge is 0.462 e. The zero-order valence-corrected chi connectivity index (χ0v) is 41.6. The predicted octanol–water partition coefficient (Wildman–Crippen LogP) is 17.8. The van der Waals surface area contributed by atoms with Crippen molar-refractivity contribution in [3.8, 4) is 0 Å². The molecule has 0 amide bonds. The van der Waals surface area contributed by atoms with Gasteiger partial charge in [-0.2, -0.15) is 0 Å². The molecule has 0 aromatic carbocycles. The van der Waals surface area contributed by atoms with Crippen molar-refractivity contribution >= 4 is 17.9 Å². The molecule has 0 unspecified atom stereocenters.